The van der Waals surface area contributed by atoms with Gasteiger partial charge in [-0.25, -0.2) is 4.98 Å². The highest BCUT2D eigenvalue weighted by molar-refractivity contribution is 7.82. The number of nitrogens with zero attached hydrogens (tertiary/aromatic N) is 3. The summed E-state index contributed by atoms with van der Waals surface area (Å²) in [7, 11) is 0. The number of aromatic nitrogens is 1. The second-order valence-corrected chi connectivity index (χ2v) is 6.33. The van der Waals surface area contributed by atoms with Gasteiger partial charge in [0.05, 0.1) is 10.2 Å². The minimum absolute atomic E-state index is 0.165. The summed E-state index contributed by atoms with van der Waals surface area (Å²) in [6, 6.07) is 6.93. The number of fused-ring (bicyclic) bond motifs is 1. The molecule has 0 fully saturated rings. The molecule has 5 nitrogen and oxygen atoms in total. The number of hydrogen-bond donors (Lipinski definition) is 2. The molecule has 2 aromatic rings. The van der Waals surface area contributed by atoms with E-state index in [0.717, 1.165) is 10.2 Å². The highest BCUT2D eigenvalue weighted by Crippen LogP contribution is 2.30. The Kier molecular flexibility index (Phi) is 4.50. The lowest BCUT2D eigenvalue weighted by molar-refractivity contribution is -0.115. The second-order valence-electron chi connectivity index (χ2n) is 4.57. The molecule has 0 aliphatic carbocycles. The van der Waals surface area contributed by atoms with Crippen LogP contribution in [0.1, 0.15) is 13.8 Å². The second kappa shape index (κ2) is 6.16. The van der Waals surface area contributed by atoms with Crippen LogP contribution >= 0.6 is 24.0 Å². The summed E-state index contributed by atoms with van der Waals surface area (Å²) in [6.07, 6.45) is 0.536. The molecular weight excluding hydrogens is 306 g/mol. The third kappa shape index (κ3) is 3.01. The average Bonchev–Trinajstić information content (AvgIpc) is 2.79. The van der Waals surface area contributed by atoms with Crippen LogP contribution in [-0.4, -0.2) is 22.0 Å². The standard InChI is InChI=1S/C14H13N3O2S2/c1-8(2)17(13(19)9(6-15)7-18)10-3-4-11-12(5-10)21-14(20)16-11/h3-5,7-8,18H,1-2H3,(H,16,20). The van der Waals surface area contributed by atoms with Gasteiger partial charge in [0.2, 0.25) is 0 Å². The number of hydrogen-bond acceptors (Lipinski definition) is 6. The lowest BCUT2D eigenvalue weighted by Gasteiger charge is -2.26. The lowest BCUT2D eigenvalue weighted by Crippen LogP contribution is -2.37. The zero-order valence-electron chi connectivity index (χ0n) is 11.4. The molecule has 0 aliphatic heterocycles. The topological polar surface area (TPSA) is 77.2 Å². The number of thiol groups is 1. The van der Waals surface area contributed by atoms with Crippen molar-refractivity contribution in [2.45, 2.75) is 24.2 Å². The van der Waals surface area contributed by atoms with E-state index in [-0.39, 0.29) is 11.6 Å². The average molecular weight is 319 g/mol. The Bertz CT molecular complexity index is 759. The van der Waals surface area contributed by atoms with Crippen molar-refractivity contribution in [1.29, 1.82) is 5.26 Å². The van der Waals surface area contributed by atoms with Crippen LogP contribution in [0.2, 0.25) is 0 Å². The summed E-state index contributed by atoms with van der Waals surface area (Å²) in [5.41, 5.74) is 1.15. The highest BCUT2D eigenvalue weighted by Gasteiger charge is 2.23. The number of carbonyl (C=O) groups excluding carboxylic acids is 1. The van der Waals surface area contributed by atoms with Gasteiger partial charge in [-0.15, -0.1) is 24.0 Å². The molecule has 7 heteroatoms. The third-order valence-electron chi connectivity index (χ3n) is 2.85. The molecule has 0 atom stereocenters. The Labute approximate surface area is 131 Å². The molecule has 0 bridgehead atoms. The molecule has 0 aliphatic rings. The fourth-order valence-corrected chi connectivity index (χ4v) is 3.10. The minimum Gasteiger partial charge on any atom is -0.514 e. The summed E-state index contributed by atoms with van der Waals surface area (Å²) >= 11 is 5.63. The van der Waals surface area contributed by atoms with Gasteiger partial charge >= 0.3 is 0 Å². The van der Waals surface area contributed by atoms with Crippen LogP contribution in [0.3, 0.4) is 0 Å². The summed E-state index contributed by atoms with van der Waals surface area (Å²) in [5, 5.41) is 17.9. The van der Waals surface area contributed by atoms with Crippen molar-refractivity contribution in [1.82, 2.24) is 4.98 Å². The number of aliphatic hydroxyl groups is 1. The number of nitriles is 1. The first kappa shape index (κ1) is 15.4. The molecule has 0 spiro atoms. The zero-order chi connectivity index (χ0) is 15.6. The van der Waals surface area contributed by atoms with Crippen LogP contribution in [0.5, 0.6) is 0 Å². The number of thiazole rings is 1. The van der Waals surface area contributed by atoms with E-state index in [1.807, 2.05) is 19.9 Å². The summed E-state index contributed by atoms with van der Waals surface area (Å²) in [4.78, 5) is 18.0. The van der Waals surface area contributed by atoms with Crippen LogP contribution in [0.25, 0.3) is 10.2 Å². The highest BCUT2D eigenvalue weighted by atomic mass is 32.2. The molecule has 2 rings (SSSR count). The monoisotopic (exact) mass is 319 g/mol. The molecule has 1 amide bonds. The molecule has 108 valence electrons. The van der Waals surface area contributed by atoms with Crippen LogP contribution in [0.4, 0.5) is 5.69 Å². The predicted molar refractivity (Wildman–Crippen MR) is 85.8 cm³/mol. The van der Waals surface area contributed by atoms with Crippen molar-refractivity contribution in [2.75, 3.05) is 4.90 Å². The number of aliphatic hydroxyl groups excluding tert-OH is 1. The Morgan fingerprint density at radius 2 is 2.29 bits per heavy atom. The quantitative estimate of drug-likeness (QED) is 0.394. The van der Waals surface area contributed by atoms with E-state index in [1.165, 1.54) is 16.2 Å². The lowest BCUT2D eigenvalue weighted by atomic mass is 10.2. The number of amides is 1. The van der Waals surface area contributed by atoms with E-state index in [0.29, 0.717) is 16.3 Å². The van der Waals surface area contributed by atoms with E-state index in [4.69, 9.17) is 10.4 Å². The number of anilines is 1. The van der Waals surface area contributed by atoms with Crippen molar-refractivity contribution in [3.8, 4) is 6.07 Å². The van der Waals surface area contributed by atoms with Gasteiger partial charge in [-0.2, -0.15) is 5.26 Å². The fraction of sp³-hybridized carbons (Fsp3) is 0.214. The van der Waals surface area contributed by atoms with E-state index in [2.05, 4.69) is 17.6 Å². The fourth-order valence-electron chi connectivity index (χ4n) is 1.96. The summed E-state index contributed by atoms with van der Waals surface area (Å²) in [6.45, 7) is 3.68. The SMILES string of the molecule is CC(C)N(C(=O)C(C#N)=CO)c1ccc2nc(S)sc2c1. The molecule has 21 heavy (non-hydrogen) atoms. The van der Waals surface area contributed by atoms with Gasteiger partial charge in [-0.3, -0.25) is 4.79 Å². The van der Waals surface area contributed by atoms with Gasteiger partial charge in [0.25, 0.3) is 5.91 Å². The van der Waals surface area contributed by atoms with Crippen LogP contribution < -0.4 is 4.90 Å². The van der Waals surface area contributed by atoms with Crippen molar-refractivity contribution >= 4 is 45.8 Å². The molecule has 1 heterocycles. The number of carbonyl (C=O) groups is 1. The number of rotatable bonds is 3. The first-order valence-electron chi connectivity index (χ1n) is 6.15. The molecule has 0 saturated carbocycles. The Morgan fingerprint density at radius 3 is 2.86 bits per heavy atom. The van der Waals surface area contributed by atoms with Crippen LogP contribution in [-0.2, 0) is 4.79 Å². The molecule has 1 N–H and O–H groups in total. The van der Waals surface area contributed by atoms with Crippen LogP contribution in [0, 0.1) is 11.3 Å². The Hall–Kier alpha value is -2.04. The van der Waals surface area contributed by atoms with Crippen molar-refractivity contribution in [3.63, 3.8) is 0 Å². The first-order valence-corrected chi connectivity index (χ1v) is 7.42. The van der Waals surface area contributed by atoms with Gasteiger partial charge in [-0.05, 0) is 32.0 Å². The Balaban J connectivity index is 2.50. The molecule has 0 radical (unpaired) electrons. The molecule has 0 saturated heterocycles. The first-order chi connectivity index (χ1) is 9.97. The maximum atomic E-state index is 12.3. The van der Waals surface area contributed by atoms with Crippen molar-refractivity contribution < 1.29 is 9.90 Å². The Morgan fingerprint density at radius 1 is 1.57 bits per heavy atom. The van der Waals surface area contributed by atoms with Crippen molar-refractivity contribution in [2.24, 2.45) is 0 Å². The summed E-state index contributed by atoms with van der Waals surface area (Å²) in [5.74, 6) is -0.537. The minimum atomic E-state index is -0.537. The van der Waals surface area contributed by atoms with Crippen LogP contribution in [0.15, 0.2) is 34.4 Å². The maximum absolute atomic E-state index is 12.3. The van der Waals surface area contributed by atoms with Gasteiger partial charge in [0.1, 0.15) is 16.7 Å². The van der Waals surface area contributed by atoms with E-state index < -0.39 is 5.91 Å². The van der Waals surface area contributed by atoms with E-state index in [9.17, 15) is 4.79 Å². The van der Waals surface area contributed by atoms with E-state index in [1.54, 1.807) is 18.2 Å². The largest absolute Gasteiger partial charge is 0.514 e. The molecule has 0 unspecified atom stereocenters. The normalized spacial score (nSPS) is 11.7. The van der Waals surface area contributed by atoms with Gasteiger partial charge in [-0.1, -0.05) is 0 Å². The third-order valence-corrected chi connectivity index (χ3v) is 4.05. The summed E-state index contributed by atoms with van der Waals surface area (Å²) < 4.78 is 1.56. The van der Waals surface area contributed by atoms with Crippen molar-refractivity contribution in [3.05, 3.63) is 30.0 Å². The molecule has 1 aromatic carbocycles. The molecule has 1 aromatic heterocycles. The van der Waals surface area contributed by atoms with Gasteiger partial charge in [0, 0.05) is 11.7 Å². The maximum Gasteiger partial charge on any atom is 0.272 e. The number of benzene rings is 1. The zero-order valence-corrected chi connectivity index (χ0v) is 13.2. The molecular formula is C14H13N3O2S2. The van der Waals surface area contributed by atoms with Gasteiger partial charge in [0.15, 0.2) is 5.57 Å². The smallest absolute Gasteiger partial charge is 0.272 e. The van der Waals surface area contributed by atoms with E-state index >= 15 is 0 Å². The predicted octanol–water partition coefficient (Wildman–Crippen LogP) is 3.29. The van der Waals surface area contributed by atoms with Gasteiger partial charge < -0.3 is 10.0 Å².